The molecule has 15 heavy (non-hydrogen) atoms. The molecule has 0 fully saturated rings. The van der Waals surface area contributed by atoms with E-state index in [1.165, 1.54) is 0 Å². The van der Waals surface area contributed by atoms with Gasteiger partial charge >= 0.3 is 0 Å². The van der Waals surface area contributed by atoms with E-state index in [-0.39, 0.29) is 6.61 Å². The van der Waals surface area contributed by atoms with E-state index in [0.29, 0.717) is 6.61 Å². The minimum Gasteiger partial charge on any atom is -0.497 e. The molecule has 0 amide bonds. The van der Waals surface area contributed by atoms with E-state index in [9.17, 15) is 0 Å². The fraction of sp³-hybridized carbons (Fsp3) is 0.455. The molecule has 84 valence electrons. The van der Waals surface area contributed by atoms with Gasteiger partial charge in [-0.15, -0.1) is 0 Å². The Kier molecular flexibility index (Phi) is 5.50. The van der Waals surface area contributed by atoms with Crippen molar-refractivity contribution >= 4 is 15.9 Å². The minimum atomic E-state index is 0.215. The van der Waals surface area contributed by atoms with Crippen LogP contribution in [0.5, 0.6) is 11.5 Å². The number of benzene rings is 1. The Morgan fingerprint density at radius 1 is 1.33 bits per heavy atom. The Bertz CT molecular complexity index is 302. The molecule has 0 unspecified atom stereocenters. The predicted octanol–water partition coefficient (Wildman–Crippen LogP) is 2.61. The summed E-state index contributed by atoms with van der Waals surface area (Å²) in [7, 11) is 1.63. The molecule has 0 radical (unpaired) electrons. The Morgan fingerprint density at radius 3 is 2.73 bits per heavy atom. The monoisotopic (exact) mass is 274 g/mol. The van der Waals surface area contributed by atoms with Gasteiger partial charge in [-0.3, -0.25) is 0 Å². The van der Waals surface area contributed by atoms with Gasteiger partial charge in [-0.25, -0.2) is 0 Å². The first-order valence-corrected chi connectivity index (χ1v) is 5.64. The highest BCUT2D eigenvalue weighted by Gasteiger charge is 2.02. The predicted molar refractivity (Wildman–Crippen MR) is 62.5 cm³/mol. The third kappa shape index (κ3) is 4.10. The maximum atomic E-state index is 8.60. The maximum Gasteiger partial charge on any atom is 0.133 e. The summed E-state index contributed by atoms with van der Waals surface area (Å²) in [6, 6.07) is 5.58. The lowest BCUT2D eigenvalue weighted by Gasteiger charge is -2.08. The molecule has 1 aromatic carbocycles. The third-order valence-electron chi connectivity index (χ3n) is 1.95. The summed E-state index contributed by atoms with van der Waals surface area (Å²) < 4.78 is 11.5. The number of hydrogen-bond acceptors (Lipinski definition) is 3. The van der Waals surface area contributed by atoms with Gasteiger partial charge in [0.05, 0.1) is 18.2 Å². The third-order valence-corrected chi connectivity index (χ3v) is 2.57. The van der Waals surface area contributed by atoms with Crippen molar-refractivity contribution < 1.29 is 14.6 Å². The van der Waals surface area contributed by atoms with Crippen LogP contribution >= 0.6 is 15.9 Å². The fourth-order valence-electron chi connectivity index (χ4n) is 1.12. The first kappa shape index (κ1) is 12.3. The summed E-state index contributed by atoms with van der Waals surface area (Å²) in [5.41, 5.74) is 0. The molecular weight excluding hydrogens is 260 g/mol. The summed E-state index contributed by atoms with van der Waals surface area (Å²) >= 11 is 3.40. The van der Waals surface area contributed by atoms with Crippen molar-refractivity contribution in [2.45, 2.75) is 12.8 Å². The molecule has 0 aromatic heterocycles. The van der Waals surface area contributed by atoms with Crippen molar-refractivity contribution in [3.8, 4) is 11.5 Å². The van der Waals surface area contributed by atoms with Crippen molar-refractivity contribution in [2.75, 3.05) is 20.3 Å². The lowest BCUT2D eigenvalue weighted by Crippen LogP contribution is -1.99. The Hall–Kier alpha value is -0.740. The Labute approximate surface area is 98.1 Å². The van der Waals surface area contributed by atoms with Gasteiger partial charge in [0, 0.05) is 6.61 Å². The molecular formula is C11H15BrO3. The molecule has 0 aliphatic heterocycles. The van der Waals surface area contributed by atoms with E-state index in [2.05, 4.69) is 15.9 Å². The van der Waals surface area contributed by atoms with E-state index in [1.54, 1.807) is 7.11 Å². The molecule has 0 atom stereocenters. The molecule has 0 bridgehead atoms. The summed E-state index contributed by atoms with van der Waals surface area (Å²) in [6.45, 7) is 0.832. The SMILES string of the molecule is COc1ccc(OCCCCO)c(Br)c1. The van der Waals surface area contributed by atoms with Gasteiger partial charge in [-0.1, -0.05) is 0 Å². The number of ether oxygens (including phenoxy) is 2. The second kappa shape index (κ2) is 6.69. The van der Waals surface area contributed by atoms with Crippen LogP contribution in [0.2, 0.25) is 0 Å². The molecule has 0 saturated heterocycles. The summed E-state index contributed by atoms with van der Waals surface area (Å²) in [5, 5.41) is 8.60. The minimum absolute atomic E-state index is 0.215. The van der Waals surface area contributed by atoms with Crippen LogP contribution in [0.1, 0.15) is 12.8 Å². The van der Waals surface area contributed by atoms with Crippen LogP contribution in [0.3, 0.4) is 0 Å². The Morgan fingerprint density at radius 2 is 2.13 bits per heavy atom. The van der Waals surface area contributed by atoms with Crippen LogP contribution in [0.25, 0.3) is 0 Å². The number of methoxy groups -OCH3 is 1. The number of aliphatic hydroxyl groups is 1. The van der Waals surface area contributed by atoms with Crippen LogP contribution in [0.15, 0.2) is 22.7 Å². The van der Waals surface area contributed by atoms with Crippen LogP contribution < -0.4 is 9.47 Å². The topological polar surface area (TPSA) is 38.7 Å². The fourth-order valence-corrected chi connectivity index (χ4v) is 1.59. The maximum absolute atomic E-state index is 8.60. The Balaban J connectivity index is 2.47. The number of aliphatic hydroxyl groups excluding tert-OH is 1. The molecule has 0 aliphatic rings. The molecule has 1 N–H and O–H groups in total. The van der Waals surface area contributed by atoms with Crippen molar-refractivity contribution in [1.82, 2.24) is 0 Å². The van der Waals surface area contributed by atoms with Gasteiger partial charge in [0.25, 0.3) is 0 Å². The van der Waals surface area contributed by atoms with Gasteiger partial charge in [0.1, 0.15) is 11.5 Å². The highest BCUT2D eigenvalue weighted by molar-refractivity contribution is 9.10. The first-order valence-electron chi connectivity index (χ1n) is 4.85. The van der Waals surface area contributed by atoms with Gasteiger partial charge in [0.15, 0.2) is 0 Å². The molecule has 1 aromatic rings. The van der Waals surface area contributed by atoms with Crippen molar-refractivity contribution in [2.24, 2.45) is 0 Å². The lowest BCUT2D eigenvalue weighted by atomic mass is 10.3. The van der Waals surface area contributed by atoms with Crippen molar-refractivity contribution in [3.05, 3.63) is 22.7 Å². The molecule has 0 heterocycles. The zero-order valence-corrected chi connectivity index (χ0v) is 10.3. The normalized spacial score (nSPS) is 10.1. The summed E-state index contributed by atoms with van der Waals surface area (Å²) in [4.78, 5) is 0. The van der Waals surface area contributed by atoms with Crippen LogP contribution in [0.4, 0.5) is 0 Å². The number of halogens is 1. The van der Waals surface area contributed by atoms with Crippen LogP contribution in [-0.2, 0) is 0 Å². The largest absolute Gasteiger partial charge is 0.497 e. The number of unbranched alkanes of at least 4 members (excludes halogenated alkanes) is 1. The van der Waals surface area contributed by atoms with E-state index in [1.807, 2.05) is 18.2 Å². The molecule has 1 rings (SSSR count). The van der Waals surface area contributed by atoms with Crippen molar-refractivity contribution in [3.63, 3.8) is 0 Å². The molecule has 0 spiro atoms. The smallest absolute Gasteiger partial charge is 0.133 e. The quantitative estimate of drug-likeness (QED) is 0.811. The van der Waals surface area contributed by atoms with E-state index in [4.69, 9.17) is 14.6 Å². The summed E-state index contributed by atoms with van der Waals surface area (Å²) in [6.07, 6.45) is 1.63. The van der Waals surface area contributed by atoms with E-state index in [0.717, 1.165) is 28.8 Å². The summed E-state index contributed by atoms with van der Waals surface area (Å²) in [5.74, 6) is 1.60. The average molecular weight is 275 g/mol. The zero-order chi connectivity index (χ0) is 11.1. The van der Waals surface area contributed by atoms with E-state index < -0.39 is 0 Å². The second-order valence-electron chi connectivity index (χ2n) is 3.08. The van der Waals surface area contributed by atoms with Gasteiger partial charge < -0.3 is 14.6 Å². The van der Waals surface area contributed by atoms with Crippen LogP contribution in [0, 0.1) is 0 Å². The van der Waals surface area contributed by atoms with Gasteiger partial charge in [-0.05, 0) is 47.0 Å². The van der Waals surface area contributed by atoms with Crippen LogP contribution in [-0.4, -0.2) is 25.4 Å². The zero-order valence-electron chi connectivity index (χ0n) is 8.70. The first-order chi connectivity index (χ1) is 7.27. The highest BCUT2D eigenvalue weighted by Crippen LogP contribution is 2.29. The number of hydrogen-bond donors (Lipinski definition) is 1. The van der Waals surface area contributed by atoms with Crippen molar-refractivity contribution in [1.29, 1.82) is 0 Å². The molecule has 0 aliphatic carbocycles. The molecule has 0 saturated carbocycles. The standard InChI is InChI=1S/C11H15BrO3/c1-14-9-4-5-11(10(12)8-9)15-7-3-2-6-13/h4-5,8,13H,2-3,6-7H2,1H3. The lowest BCUT2D eigenvalue weighted by molar-refractivity contribution is 0.252. The second-order valence-corrected chi connectivity index (χ2v) is 3.93. The molecule has 3 nitrogen and oxygen atoms in total. The molecule has 4 heteroatoms. The number of rotatable bonds is 6. The van der Waals surface area contributed by atoms with Gasteiger partial charge in [0.2, 0.25) is 0 Å². The highest BCUT2D eigenvalue weighted by atomic mass is 79.9. The van der Waals surface area contributed by atoms with Gasteiger partial charge in [-0.2, -0.15) is 0 Å². The average Bonchev–Trinajstić information content (AvgIpc) is 2.26. The van der Waals surface area contributed by atoms with E-state index >= 15 is 0 Å².